The normalized spacial score (nSPS) is 20.2. The standard InChI is InChI=1S/C54H58ClN11O4S2/c1-28(2)48(52(69)64-26-29(3)21-44(64)51(68)58-32(6)35-9-11-37(12-10-35)49-30(4)18-20-71-49)65-27-38(25-57-65)42-17-19-56-54(61-42)70-41-22-40(23-41)59-45(67)24-43-50-63-62-34(8)66(50)53-46(31(5)33(7)72-53)47(60-43)36-13-15-39(55)16-14-36/h9-20,25,27-29,32,40-41,43-44,48H,21-24,26H2,1-8H3,(H,58,68)(H,59,67)/t29-,32+,40-,41+,43+,44+,48+/m1/s1. The van der Waals surface area contributed by atoms with E-state index in [1.165, 1.54) is 15.3 Å². The molecule has 0 bridgehead atoms. The number of benzene rings is 2. The van der Waals surface area contributed by atoms with Crippen LogP contribution < -0.4 is 15.4 Å². The fourth-order valence-corrected chi connectivity index (χ4v) is 12.4. The molecule has 72 heavy (non-hydrogen) atoms. The number of rotatable bonds is 14. The predicted molar refractivity (Wildman–Crippen MR) is 281 cm³/mol. The number of likely N-dealkylation sites (tertiary alicyclic amines) is 1. The van der Waals surface area contributed by atoms with E-state index in [1.807, 2.05) is 62.7 Å². The highest BCUT2D eigenvalue weighted by atomic mass is 35.5. The van der Waals surface area contributed by atoms with E-state index in [1.54, 1.807) is 50.7 Å². The Hall–Kier alpha value is -6.56. The van der Waals surface area contributed by atoms with Gasteiger partial charge in [-0.1, -0.05) is 68.8 Å². The maximum atomic E-state index is 14.5. The molecule has 1 saturated carbocycles. The Balaban J connectivity index is 0.762. The van der Waals surface area contributed by atoms with Crippen LogP contribution in [0.5, 0.6) is 6.01 Å². The van der Waals surface area contributed by atoms with Gasteiger partial charge in [-0.15, -0.1) is 32.9 Å². The first-order chi connectivity index (χ1) is 34.6. The van der Waals surface area contributed by atoms with Crippen molar-refractivity contribution in [1.29, 1.82) is 0 Å². The number of ether oxygens (including phenoxy) is 1. The molecule has 2 aliphatic heterocycles. The summed E-state index contributed by atoms with van der Waals surface area (Å²) < 4.78 is 9.96. The topological polar surface area (TPSA) is 174 Å². The highest BCUT2D eigenvalue weighted by Crippen LogP contribution is 2.40. The maximum Gasteiger partial charge on any atom is 0.317 e. The number of halogens is 1. The zero-order chi connectivity index (χ0) is 50.5. The number of nitrogens with zero attached hydrogens (tertiary/aromatic N) is 9. The molecule has 0 spiro atoms. The van der Waals surface area contributed by atoms with E-state index >= 15 is 0 Å². The number of nitrogens with one attached hydrogen (secondary N) is 2. The molecule has 0 unspecified atom stereocenters. The van der Waals surface area contributed by atoms with Crippen LogP contribution in [0.4, 0.5) is 0 Å². The smallest absolute Gasteiger partial charge is 0.317 e. The number of fused-ring (bicyclic) bond motifs is 3. The van der Waals surface area contributed by atoms with Gasteiger partial charge in [0.15, 0.2) is 5.82 Å². The number of aryl methyl sites for hydroxylation is 3. The summed E-state index contributed by atoms with van der Waals surface area (Å²) in [5.41, 5.74) is 8.54. The van der Waals surface area contributed by atoms with Crippen molar-refractivity contribution < 1.29 is 19.1 Å². The first-order valence-corrected chi connectivity index (χ1v) is 26.6. The first-order valence-electron chi connectivity index (χ1n) is 24.5. The van der Waals surface area contributed by atoms with Crippen LogP contribution in [0, 0.1) is 39.5 Å². The SMILES string of the molecule is Cc1ccsc1-c1ccc([C@H](C)NC(=O)[C@@H]2C[C@@H](C)CN2C(=O)[C@H](C(C)C)n2cc(-c3ccnc(O[C@H]4C[C@@H](NC(=O)C[C@@H]5N=C(c6ccc(Cl)cc6)c6c(sc(C)c6C)-n6c(C)nnc65)C4)n3)cn2)cc1. The van der Waals surface area contributed by atoms with Gasteiger partial charge in [0.1, 0.15) is 35.1 Å². The van der Waals surface area contributed by atoms with E-state index in [9.17, 15) is 14.4 Å². The molecule has 0 radical (unpaired) electrons. The second-order valence-corrected chi connectivity index (χ2v) is 22.4. The summed E-state index contributed by atoms with van der Waals surface area (Å²) in [6.07, 6.45) is 6.79. The Morgan fingerprint density at radius 3 is 2.39 bits per heavy atom. The Morgan fingerprint density at radius 2 is 1.67 bits per heavy atom. The molecule has 1 saturated heterocycles. The summed E-state index contributed by atoms with van der Waals surface area (Å²) >= 11 is 9.68. The van der Waals surface area contributed by atoms with Gasteiger partial charge < -0.3 is 20.3 Å². The van der Waals surface area contributed by atoms with Crippen LogP contribution in [0.15, 0.2) is 89.6 Å². The summed E-state index contributed by atoms with van der Waals surface area (Å²) in [5.74, 6) is 0.950. The van der Waals surface area contributed by atoms with E-state index in [4.69, 9.17) is 26.3 Å². The molecule has 2 aromatic carbocycles. The van der Waals surface area contributed by atoms with Crippen molar-refractivity contribution >= 4 is 57.7 Å². The fraction of sp³-hybridized carbons (Fsp3) is 0.389. The van der Waals surface area contributed by atoms with Crippen LogP contribution in [-0.4, -0.2) is 87.6 Å². The van der Waals surface area contributed by atoms with Crippen LogP contribution in [0.3, 0.4) is 0 Å². The molecule has 1 aliphatic carbocycles. The third kappa shape index (κ3) is 9.73. The molecule has 10 rings (SSSR count). The molecule has 5 aromatic heterocycles. The van der Waals surface area contributed by atoms with Gasteiger partial charge in [0.25, 0.3) is 0 Å². The summed E-state index contributed by atoms with van der Waals surface area (Å²) in [7, 11) is 0. The Labute approximate surface area is 432 Å². The van der Waals surface area contributed by atoms with E-state index in [0.717, 1.165) is 44.4 Å². The highest BCUT2D eigenvalue weighted by molar-refractivity contribution is 7.15. The molecule has 7 aromatic rings. The van der Waals surface area contributed by atoms with Crippen LogP contribution in [0.2, 0.25) is 5.02 Å². The molecule has 5 atom stereocenters. The van der Waals surface area contributed by atoms with Gasteiger partial charge in [0.05, 0.1) is 30.1 Å². The quantitative estimate of drug-likeness (QED) is 0.107. The average Bonchev–Trinajstić information content (AvgIpc) is 4.19. The molecule has 18 heteroatoms. The third-order valence-electron chi connectivity index (χ3n) is 14.2. The molecule has 372 valence electrons. The minimum Gasteiger partial charge on any atom is -0.460 e. The maximum absolute atomic E-state index is 14.5. The van der Waals surface area contributed by atoms with Crippen molar-refractivity contribution in [3.8, 4) is 32.7 Å². The predicted octanol–water partition coefficient (Wildman–Crippen LogP) is 9.92. The largest absolute Gasteiger partial charge is 0.460 e. The van der Waals surface area contributed by atoms with E-state index in [2.05, 4.69) is 94.3 Å². The van der Waals surface area contributed by atoms with Gasteiger partial charge in [-0.3, -0.25) is 28.6 Å². The zero-order valence-electron chi connectivity index (χ0n) is 41.6. The molecule has 15 nitrogen and oxygen atoms in total. The monoisotopic (exact) mass is 1020 g/mol. The lowest BCUT2D eigenvalue weighted by Crippen LogP contribution is -2.49. The zero-order valence-corrected chi connectivity index (χ0v) is 44.0. The van der Waals surface area contributed by atoms with Gasteiger partial charge in [-0.25, -0.2) is 4.98 Å². The van der Waals surface area contributed by atoms with Crippen LogP contribution in [0.25, 0.3) is 26.7 Å². The average molecular weight is 1020 g/mol. The van der Waals surface area contributed by atoms with Gasteiger partial charge in [0, 0.05) is 69.3 Å². The van der Waals surface area contributed by atoms with Gasteiger partial charge in [0.2, 0.25) is 17.7 Å². The number of carbonyl (C=O) groups excluding carboxylic acids is 3. The number of hydrogen-bond acceptors (Lipinski definition) is 12. The minimum atomic E-state index is -0.644. The van der Waals surface area contributed by atoms with E-state index in [-0.39, 0.29) is 60.2 Å². The van der Waals surface area contributed by atoms with Gasteiger partial charge >= 0.3 is 6.01 Å². The van der Waals surface area contributed by atoms with Crippen LogP contribution in [0.1, 0.15) is 116 Å². The van der Waals surface area contributed by atoms with Crippen molar-refractivity contribution in [3.63, 3.8) is 0 Å². The lowest BCUT2D eigenvalue weighted by molar-refractivity contribution is -0.142. The number of amides is 3. The number of hydrogen-bond donors (Lipinski definition) is 2. The second kappa shape index (κ2) is 20.2. The van der Waals surface area contributed by atoms with E-state index < -0.39 is 18.1 Å². The molecule has 2 N–H and O–H groups in total. The number of carbonyl (C=O) groups is 3. The van der Waals surface area contributed by atoms with Crippen molar-refractivity contribution in [2.75, 3.05) is 6.54 Å². The molecule has 3 amide bonds. The fourth-order valence-electron chi connectivity index (χ4n) is 10.1. The molecular formula is C54H58ClN11O4S2. The molecule has 3 aliphatic rings. The number of thiophene rings is 2. The Morgan fingerprint density at radius 1 is 0.917 bits per heavy atom. The lowest BCUT2D eigenvalue weighted by Gasteiger charge is -2.35. The lowest BCUT2D eigenvalue weighted by atomic mass is 9.89. The second-order valence-electron chi connectivity index (χ2n) is 19.8. The molecular weight excluding hydrogens is 966 g/mol. The minimum absolute atomic E-state index is 0.0882. The first kappa shape index (κ1) is 49.0. The van der Waals surface area contributed by atoms with E-state index in [0.29, 0.717) is 47.9 Å². The number of aromatic nitrogens is 7. The summed E-state index contributed by atoms with van der Waals surface area (Å²) in [6, 6.07) is 17.9. The number of aliphatic imine (C=N–C) groups is 1. The summed E-state index contributed by atoms with van der Waals surface area (Å²) in [6.45, 7) is 16.8. The third-order valence-corrected chi connectivity index (χ3v) is 16.7. The Bertz CT molecular complexity index is 3190. The van der Waals surface area contributed by atoms with Gasteiger partial charge in [-0.05, 0) is 105 Å². The van der Waals surface area contributed by atoms with Crippen molar-refractivity contribution in [3.05, 3.63) is 134 Å². The van der Waals surface area contributed by atoms with Crippen molar-refractivity contribution in [2.45, 2.75) is 117 Å². The highest BCUT2D eigenvalue weighted by Gasteiger charge is 2.42. The van der Waals surface area contributed by atoms with Crippen molar-refractivity contribution in [2.24, 2.45) is 16.8 Å². The van der Waals surface area contributed by atoms with Crippen LogP contribution >= 0.6 is 34.3 Å². The summed E-state index contributed by atoms with van der Waals surface area (Å²) in [4.78, 5) is 60.8. The van der Waals surface area contributed by atoms with Gasteiger partial charge in [-0.2, -0.15) is 10.1 Å². The Kier molecular flexibility index (Phi) is 13.7. The molecule has 2 fully saturated rings. The summed E-state index contributed by atoms with van der Waals surface area (Å²) in [5, 5.41) is 23.8. The molecule has 7 heterocycles. The van der Waals surface area contributed by atoms with Crippen molar-refractivity contribution in [1.82, 2.24) is 50.0 Å². The van der Waals surface area contributed by atoms with Crippen LogP contribution in [-0.2, 0) is 14.4 Å².